The number of aliphatic hydroxyl groups excluding tert-OH is 1. The second-order valence-corrected chi connectivity index (χ2v) is 5.92. The predicted octanol–water partition coefficient (Wildman–Crippen LogP) is 3.86. The number of anilines is 1. The van der Waals surface area contributed by atoms with Crippen LogP contribution in [-0.2, 0) is 9.53 Å². The molecule has 0 saturated carbocycles. The van der Waals surface area contributed by atoms with Crippen LogP contribution in [0.15, 0.2) is 48.2 Å². The average molecular weight is 416 g/mol. The molecule has 2 rings (SSSR count). The molecule has 0 aliphatic carbocycles. The van der Waals surface area contributed by atoms with E-state index >= 15 is 0 Å². The van der Waals surface area contributed by atoms with Gasteiger partial charge in [-0.25, -0.2) is 4.79 Å². The van der Waals surface area contributed by atoms with Gasteiger partial charge in [-0.3, -0.25) is 14.9 Å². The van der Waals surface area contributed by atoms with Gasteiger partial charge in [-0.15, -0.1) is 0 Å². The van der Waals surface area contributed by atoms with Crippen LogP contribution in [0, 0.1) is 21.4 Å². The third-order valence-corrected chi connectivity index (χ3v) is 3.97. The smallest absolute Gasteiger partial charge is 0.374 e. The molecule has 2 aromatic rings. The summed E-state index contributed by atoms with van der Waals surface area (Å²) in [4.78, 5) is 34.0. The fourth-order valence-electron chi connectivity index (χ4n) is 2.28. The summed E-state index contributed by atoms with van der Waals surface area (Å²) in [6.07, 6.45) is 0. The first-order chi connectivity index (χ1) is 13.8. The third-order valence-electron chi connectivity index (χ3n) is 3.66. The van der Waals surface area contributed by atoms with Gasteiger partial charge in [-0.2, -0.15) is 5.26 Å². The van der Waals surface area contributed by atoms with E-state index in [4.69, 9.17) is 11.6 Å². The van der Waals surface area contributed by atoms with Crippen molar-refractivity contribution in [3.8, 4) is 6.07 Å². The SMILES string of the molecule is CCOC(=O)C(O)=C(C#N)c1ccc(NC(=O)c2ccc([N+](=O)[O-])cc2Cl)cc1. The van der Waals surface area contributed by atoms with E-state index in [1.807, 2.05) is 0 Å². The van der Waals surface area contributed by atoms with Crippen molar-refractivity contribution in [2.24, 2.45) is 0 Å². The molecular formula is C19H14ClN3O6. The van der Waals surface area contributed by atoms with E-state index in [2.05, 4.69) is 10.1 Å². The second-order valence-electron chi connectivity index (χ2n) is 5.51. The Bertz CT molecular complexity index is 1040. The van der Waals surface area contributed by atoms with Gasteiger partial charge in [0.2, 0.25) is 5.76 Å². The number of nitrogens with zero attached hydrogens (tertiary/aromatic N) is 2. The Kier molecular flexibility index (Phi) is 6.89. The molecule has 0 heterocycles. The lowest BCUT2D eigenvalue weighted by Crippen LogP contribution is -2.12. The summed E-state index contributed by atoms with van der Waals surface area (Å²) >= 11 is 5.93. The highest BCUT2D eigenvalue weighted by Crippen LogP contribution is 2.24. The third kappa shape index (κ3) is 5.09. The maximum Gasteiger partial charge on any atom is 0.374 e. The first kappa shape index (κ1) is 21.4. The largest absolute Gasteiger partial charge is 0.501 e. The van der Waals surface area contributed by atoms with E-state index in [1.165, 1.54) is 30.3 Å². The Balaban J connectivity index is 2.22. The number of nitro groups is 1. The van der Waals surface area contributed by atoms with Gasteiger partial charge in [-0.1, -0.05) is 23.7 Å². The zero-order chi connectivity index (χ0) is 21.6. The predicted molar refractivity (Wildman–Crippen MR) is 104 cm³/mol. The molecule has 0 aliphatic rings. The lowest BCUT2D eigenvalue weighted by molar-refractivity contribution is -0.384. The molecule has 29 heavy (non-hydrogen) atoms. The van der Waals surface area contributed by atoms with E-state index in [9.17, 15) is 30.1 Å². The molecule has 0 unspecified atom stereocenters. The molecular weight excluding hydrogens is 402 g/mol. The number of ether oxygens (including phenoxy) is 1. The fourth-order valence-corrected chi connectivity index (χ4v) is 2.54. The van der Waals surface area contributed by atoms with Crippen LogP contribution in [0.2, 0.25) is 5.02 Å². The number of aliphatic hydroxyl groups is 1. The van der Waals surface area contributed by atoms with Crippen molar-refractivity contribution >= 4 is 40.4 Å². The van der Waals surface area contributed by atoms with Gasteiger partial charge in [0.15, 0.2) is 0 Å². The highest BCUT2D eigenvalue weighted by atomic mass is 35.5. The molecule has 0 fully saturated rings. The van der Waals surface area contributed by atoms with Crippen LogP contribution in [0.25, 0.3) is 5.57 Å². The maximum absolute atomic E-state index is 12.3. The molecule has 2 N–H and O–H groups in total. The van der Waals surface area contributed by atoms with Crippen molar-refractivity contribution in [3.63, 3.8) is 0 Å². The van der Waals surface area contributed by atoms with Crippen LogP contribution in [0.1, 0.15) is 22.8 Å². The van der Waals surface area contributed by atoms with Gasteiger partial charge < -0.3 is 15.2 Å². The molecule has 0 radical (unpaired) electrons. The van der Waals surface area contributed by atoms with Gasteiger partial charge in [0.1, 0.15) is 11.6 Å². The molecule has 9 nitrogen and oxygen atoms in total. The molecule has 0 atom stereocenters. The zero-order valence-electron chi connectivity index (χ0n) is 15.0. The molecule has 10 heteroatoms. The van der Waals surface area contributed by atoms with Gasteiger partial charge in [0.25, 0.3) is 11.6 Å². The Labute approximate surface area is 169 Å². The molecule has 0 saturated heterocycles. The highest BCUT2D eigenvalue weighted by Gasteiger charge is 2.18. The Morgan fingerprint density at radius 2 is 1.93 bits per heavy atom. The molecule has 0 bridgehead atoms. The summed E-state index contributed by atoms with van der Waals surface area (Å²) in [6.45, 7) is 1.60. The summed E-state index contributed by atoms with van der Waals surface area (Å²) in [5.74, 6) is -2.43. The summed E-state index contributed by atoms with van der Waals surface area (Å²) in [5.41, 5.74) is 0.0947. The summed E-state index contributed by atoms with van der Waals surface area (Å²) < 4.78 is 4.66. The number of nitro benzene ring substituents is 1. The van der Waals surface area contributed by atoms with Gasteiger partial charge in [0.05, 0.1) is 22.1 Å². The lowest BCUT2D eigenvalue weighted by Gasteiger charge is -2.08. The lowest BCUT2D eigenvalue weighted by atomic mass is 10.1. The monoisotopic (exact) mass is 415 g/mol. The van der Waals surface area contributed by atoms with Crippen LogP contribution >= 0.6 is 11.6 Å². The maximum atomic E-state index is 12.3. The number of carbonyl (C=O) groups excluding carboxylic acids is 2. The van der Waals surface area contributed by atoms with E-state index in [0.717, 1.165) is 12.1 Å². The number of amides is 1. The number of nitriles is 1. The number of hydrogen-bond acceptors (Lipinski definition) is 7. The van der Waals surface area contributed by atoms with Crippen molar-refractivity contribution in [1.29, 1.82) is 5.26 Å². The van der Waals surface area contributed by atoms with E-state index in [-0.39, 0.29) is 34.0 Å². The quantitative estimate of drug-likeness (QED) is 0.182. The van der Waals surface area contributed by atoms with E-state index in [0.29, 0.717) is 5.69 Å². The molecule has 1 amide bonds. The molecule has 148 valence electrons. The minimum absolute atomic E-state index is 0.0395. The zero-order valence-corrected chi connectivity index (χ0v) is 15.8. The van der Waals surface area contributed by atoms with Crippen molar-refractivity contribution in [1.82, 2.24) is 0 Å². The molecule has 0 aliphatic heterocycles. The first-order valence-electron chi connectivity index (χ1n) is 8.14. The summed E-state index contributed by atoms with van der Waals surface area (Å²) in [5, 5.41) is 32.3. The Morgan fingerprint density at radius 3 is 2.45 bits per heavy atom. The highest BCUT2D eigenvalue weighted by molar-refractivity contribution is 6.34. The van der Waals surface area contributed by atoms with Crippen molar-refractivity contribution in [3.05, 3.63) is 74.5 Å². The number of rotatable bonds is 6. The molecule has 0 spiro atoms. The average Bonchev–Trinajstić information content (AvgIpc) is 2.69. The number of esters is 1. The van der Waals surface area contributed by atoms with Crippen molar-refractivity contribution in [2.45, 2.75) is 6.92 Å². The number of benzene rings is 2. The van der Waals surface area contributed by atoms with Crippen LogP contribution in [0.3, 0.4) is 0 Å². The Morgan fingerprint density at radius 1 is 1.28 bits per heavy atom. The molecule has 2 aromatic carbocycles. The van der Waals surface area contributed by atoms with Gasteiger partial charge in [-0.05, 0) is 30.7 Å². The number of nitrogens with one attached hydrogen (secondary N) is 1. The molecule has 0 aromatic heterocycles. The summed E-state index contributed by atoms with van der Waals surface area (Å²) in [6, 6.07) is 10.9. The van der Waals surface area contributed by atoms with E-state index in [1.54, 1.807) is 13.0 Å². The van der Waals surface area contributed by atoms with Crippen LogP contribution < -0.4 is 5.32 Å². The normalized spacial score (nSPS) is 11.1. The number of carbonyl (C=O) groups is 2. The van der Waals surface area contributed by atoms with Crippen LogP contribution in [0.5, 0.6) is 0 Å². The first-order valence-corrected chi connectivity index (χ1v) is 8.52. The minimum Gasteiger partial charge on any atom is -0.501 e. The van der Waals surface area contributed by atoms with Crippen molar-refractivity contribution in [2.75, 3.05) is 11.9 Å². The number of hydrogen-bond donors (Lipinski definition) is 2. The summed E-state index contributed by atoms with van der Waals surface area (Å²) in [7, 11) is 0. The van der Waals surface area contributed by atoms with Crippen LogP contribution in [0.4, 0.5) is 11.4 Å². The van der Waals surface area contributed by atoms with Crippen LogP contribution in [-0.4, -0.2) is 28.5 Å². The number of allylic oxidation sites excluding steroid dienone is 1. The minimum atomic E-state index is -1.02. The number of halogens is 1. The fraction of sp³-hybridized carbons (Fsp3) is 0.105. The van der Waals surface area contributed by atoms with Crippen molar-refractivity contribution < 1.29 is 24.4 Å². The number of non-ortho nitro benzene ring substituents is 1. The topological polar surface area (TPSA) is 143 Å². The Hall–Kier alpha value is -3.90. The second kappa shape index (κ2) is 9.34. The van der Waals surface area contributed by atoms with Gasteiger partial charge >= 0.3 is 5.97 Å². The van der Waals surface area contributed by atoms with Gasteiger partial charge in [0, 0.05) is 17.8 Å². The standard InChI is InChI=1S/C19H14ClN3O6/c1-2-29-19(26)17(24)15(10-21)11-3-5-12(6-4-11)22-18(25)14-8-7-13(23(27)28)9-16(14)20/h3-9,24H,2H2,1H3,(H,22,25). The van der Waals surface area contributed by atoms with E-state index < -0.39 is 22.6 Å².